The fraction of sp³-hybridized carbons (Fsp3) is 0.304. The molecule has 2 aliphatic rings. The van der Waals surface area contributed by atoms with Gasteiger partial charge in [0.2, 0.25) is 0 Å². The number of halogens is 4. The number of hydrogen-bond donors (Lipinski definition) is 0. The van der Waals surface area contributed by atoms with Crippen LogP contribution in [0.3, 0.4) is 0 Å². The number of aromatic nitrogens is 2. The van der Waals surface area contributed by atoms with Gasteiger partial charge in [-0.15, -0.1) is 13.2 Å². The third kappa shape index (κ3) is 3.80. The van der Waals surface area contributed by atoms with Gasteiger partial charge in [-0.05, 0) is 30.3 Å². The van der Waals surface area contributed by atoms with Crippen molar-refractivity contribution < 1.29 is 27.4 Å². The van der Waals surface area contributed by atoms with Gasteiger partial charge >= 0.3 is 6.36 Å². The van der Waals surface area contributed by atoms with Gasteiger partial charge in [0, 0.05) is 49.1 Å². The summed E-state index contributed by atoms with van der Waals surface area (Å²) < 4.78 is 50.6. The number of ether oxygens (including phenoxy) is 2. The Labute approximate surface area is 192 Å². The molecule has 172 valence electrons. The van der Waals surface area contributed by atoms with E-state index in [1.165, 1.54) is 23.1 Å². The van der Waals surface area contributed by atoms with Crippen molar-refractivity contribution in [2.45, 2.75) is 24.8 Å². The predicted octanol–water partition coefficient (Wildman–Crippen LogP) is 5.16. The smallest absolute Gasteiger partial charge is 0.482 e. The van der Waals surface area contributed by atoms with Gasteiger partial charge in [0.05, 0.1) is 17.5 Å². The van der Waals surface area contributed by atoms with Gasteiger partial charge in [-0.2, -0.15) is 5.10 Å². The second-order valence-corrected chi connectivity index (χ2v) is 8.54. The first-order valence-corrected chi connectivity index (χ1v) is 10.7. The number of benzene rings is 2. The summed E-state index contributed by atoms with van der Waals surface area (Å²) in [6.45, 7) is 0.604. The first kappa shape index (κ1) is 21.6. The zero-order chi connectivity index (χ0) is 23.4. The Hall–Kier alpha value is -3.20. The number of alkyl halides is 3. The van der Waals surface area contributed by atoms with Crippen molar-refractivity contribution in [2.75, 3.05) is 13.1 Å². The van der Waals surface area contributed by atoms with E-state index < -0.39 is 23.6 Å². The number of para-hydroxylation sites is 1. The van der Waals surface area contributed by atoms with Crippen LogP contribution in [0.15, 0.2) is 48.7 Å². The van der Waals surface area contributed by atoms with Gasteiger partial charge in [0.15, 0.2) is 0 Å². The Morgan fingerprint density at radius 2 is 1.91 bits per heavy atom. The van der Waals surface area contributed by atoms with Crippen LogP contribution in [0.1, 0.15) is 28.8 Å². The average molecular weight is 478 g/mol. The molecule has 2 aromatic carbocycles. The SMILES string of the molecule is Cn1ncc2c1-c1cc(Cl)ccc1OC21CCN(C(=O)c2ccccc2OC(F)(F)F)CC1. The molecule has 5 rings (SSSR count). The van der Waals surface area contributed by atoms with E-state index in [0.29, 0.717) is 36.7 Å². The van der Waals surface area contributed by atoms with Crippen LogP contribution in [0.2, 0.25) is 5.02 Å². The largest absolute Gasteiger partial charge is 0.573 e. The third-order valence-corrected chi connectivity index (χ3v) is 6.37. The lowest BCUT2D eigenvalue weighted by Gasteiger charge is -2.44. The van der Waals surface area contributed by atoms with Gasteiger partial charge in [0.1, 0.15) is 17.1 Å². The van der Waals surface area contributed by atoms with Gasteiger partial charge < -0.3 is 14.4 Å². The van der Waals surface area contributed by atoms with Gasteiger partial charge in [-0.3, -0.25) is 9.48 Å². The number of carbonyl (C=O) groups is 1. The maximum absolute atomic E-state index is 13.1. The molecule has 0 saturated carbocycles. The second kappa shape index (κ2) is 7.69. The van der Waals surface area contributed by atoms with E-state index in [9.17, 15) is 18.0 Å². The van der Waals surface area contributed by atoms with Gasteiger partial charge in [0.25, 0.3) is 5.91 Å². The van der Waals surface area contributed by atoms with E-state index in [1.807, 2.05) is 19.2 Å². The van der Waals surface area contributed by atoms with E-state index in [2.05, 4.69) is 9.84 Å². The number of amides is 1. The summed E-state index contributed by atoms with van der Waals surface area (Å²) in [5.74, 6) is -0.345. The third-order valence-electron chi connectivity index (χ3n) is 6.13. The molecular weight excluding hydrogens is 459 g/mol. The van der Waals surface area contributed by atoms with Crippen molar-refractivity contribution in [1.82, 2.24) is 14.7 Å². The van der Waals surface area contributed by atoms with E-state index in [1.54, 1.807) is 16.9 Å². The van der Waals surface area contributed by atoms with E-state index in [4.69, 9.17) is 16.3 Å². The number of aryl methyl sites for hydroxylation is 1. The van der Waals surface area contributed by atoms with Crippen LogP contribution in [0.25, 0.3) is 11.3 Å². The first-order chi connectivity index (χ1) is 15.7. The number of carbonyl (C=O) groups excluding carboxylic acids is 1. The minimum absolute atomic E-state index is 0.127. The molecule has 0 aliphatic carbocycles. The highest BCUT2D eigenvalue weighted by Crippen LogP contribution is 2.50. The van der Waals surface area contributed by atoms with Crippen LogP contribution < -0.4 is 9.47 Å². The minimum atomic E-state index is -4.88. The Balaban J connectivity index is 1.41. The summed E-state index contributed by atoms with van der Waals surface area (Å²) in [5, 5.41) is 5.00. The molecule has 3 heterocycles. The first-order valence-electron chi connectivity index (χ1n) is 10.3. The van der Waals surface area contributed by atoms with Crippen LogP contribution >= 0.6 is 11.6 Å². The minimum Gasteiger partial charge on any atom is -0.482 e. The van der Waals surface area contributed by atoms with Crippen LogP contribution in [0.4, 0.5) is 13.2 Å². The lowest BCUT2D eigenvalue weighted by atomic mass is 9.81. The normalized spacial score (nSPS) is 16.7. The lowest BCUT2D eigenvalue weighted by Crippen LogP contribution is -2.49. The van der Waals surface area contributed by atoms with Crippen LogP contribution in [-0.4, -0.2) is 40.0 Å². The Morgan fingerprint density at radius 3 is 2.64 bits per heavy atom. The molecule has 10 heteroatoms. The molecule has 0 unspecified atom stereocenters. The van der Waals surface area contributed by atoms with Crippen molar-refractivity contribution in [2.24, 2.45) is 7.05 Å². The fourth-order valence-corrected chi connectivity index (χ4v) is 4.77. The standard InChI is InChI=1S/C23H19ClF3N3O3/c1-29-20-16-12-14(24)6-7-19(16)32-22(17(20)13-28-29)8-10-30(11-9-22)21(31)15-4-2-3-5-18(15)33-23(25,26)27/h2-7,12-13H,8-11H2,1H3. The van der Waals surface area contributed by atoms with Crippen molar-refractivity contribution in [3.05, 3.63) is 64.8 Å². The Morgan fingerprint density at radius 1 is 1.18 bits per heavy atom. The van der Waals surface area contributed by atoms with E-state index >= 15 is 0 Å². The van der Waals surface area contributed by atoms with Crippen molar-refractivity contribution >= 4 is 17.5 Å². The molecule has 1 fully saturated rings. The predicted molar refractivity (Wildman–Crippen MR) is 114 cm³/mol. The monoisotopic (exact) mass is 477 g/mol. The molecule has 1 aromatic heterocycles. The summed E-state index contributed by atoms with van der Waals surface area (Å²) in [5.41, 5.74) is 1.84. The summed E-state index contributed by atoms with van der Waals surface area (Å²) in [7, 11) is 1.85. The molecule has 3 aromatic rings. The van der Waals surface area contributed by atoms with Crippen molar-refractivity contribution in [3.8, 4) is 22.8 Å². The quantitative estimate of drug-likeness (QED) is 0.511. The van der Waals surface area contributed by atoms with Gasteiger partial charge in [-0.1, -0.05) is 23.7 Å². The molecule has 1 saturated heterocycles. The molecule has 0 radical (unpaired) electrons. The highest BCUT2D eigenvalue weighted by Gasteiger charge is 2.46. The molecule has 33 heavy (non-hydrogen) atoms. The van der Waals surface area contributed by atoms with Crippen LogP contribution in [-0.2, 0) is 12.6 Å². The zero-order valence-electron chi connectivity index (χ0n) is 17.5. The van der Waals surface area contributed by atoms with Gasteiger partial charge in [-0.25, -0.2) is 0 Å². The van der Waals surface area contributed by atoms with Crippen LogP contribution in [0.5, 0.6) is 11.5 Å². The zero-order valence-corrected chi connectivity index (χ0v) is 18.3. The van der Waals surface area contributed by atoms with E-state index in [-0.39, 0.29) is 5.56 Å². The van der Waals surface area contributed by atoms with E-state index in [0.717, 1.165) is 22.9 Å². The Kier molecular flexibility index (Phi) is 5.04. The van der Waals surface area contributed by atoms with Crippen molar-refractivity contribution in [1.29, 1.82) is 0 Å². The maximum Gasteiger partial charge on any atom is 0.573 e. The summed E-state index contributed by atoms with van der Waals surface area (Å²) in [4.78, 5) is 14.6. The number of hydrogen-bond acceptors (Lipinski definition) is 4. The number of rotatable bonds is 2. The fourth-order valence-electron chi connectivity index (χ4n) is 4.60. The molecule has 0 atom stereocenters. The summed E-state index contributed by atoms with van der Waals surface area (Å²) in [6.07, 6.45) is -2.20. The molecule has 2 aliphatic heterocycles. The molecule has 0 bridgehead atoms. The highest BCUT2D eigenvalue weighted by molar-refractivity contribution is 6.31. The number of fused-ring (bicyclic) bond motifs is 4. The summed E-state index contributed by atoms with van der Waals surface area (Å²) in [6, 6.07) is 10.8. The molecular formula is C23H19ClF3N3O3. The highest BCUT2D eigenvalue weighted by atomic mass is 35.5. The molecule has 6 nitrogen and oxygen atoms in total. The van der Waals surface area contributed by atoms with Crippen LogP contribution in [0, 0.1) is 0 Å². The number of likely N-dealkylation sites (tertiary alicyclic amines) is 1. The molecule has 1 spiro atoms. The lowest BCUT2D eigenvalue weighted by molar-refractivity contribution is -0.274. The second-order valence-electron chi connectivity index (χ2n) is 8.10. The number of piperidine rings is 1. The summed E-state index contributed by atoms with van der Waals surface area (Å²) >= 11 is 6.19. The maximum atomic E-state index is 13.1. The Bertz CT molecular complexity index is 1230. The average Bonchev–Trinajstić information content (AvgIpc) is 3.17. The molecule has 1 amide bonds. The van der Waals surface area contributed by atoms with Crippen molar-refractivity contribution in [3.63, 3.8) is 0 Å². The topological polar surface area (TPSA) is 56.6 Å². The number of nitrogens with zero attached hydrogens (tertiary/aromatic N) is 3. The molecule has 0 N–H and O–H groups in total.